The molecule has 0 atom stereocenters. The van der Waals surface area contributed by atoms with Gasteiger partial charge in [0.05, 0.1) is 93.3 Å². The molecule has 0 heterocycles. The molecule has 0 fully saturated rings. The molecule has 0 aliphatic rings. The Hall–Kier alpha value is -0.320. The van der Waals surface area contributed by atoms with Gasteiger partial charge in [-0.3, -0.25) is 28.6 Å². The molecule has 0 spiro atoms. The summed E-state index contributed by atoms with van der Waals surface area (Å²) in [5.41, 5.74) is 1.05. The lowest BCUT2D eigenvalue weighted by molar-refractivity contribution is -1.09. The van der Waals surface area contributed by atoms with Crippen LogP contribution in [0.1, 0.15) is 166 Å². The van der Waals surface area contributed by atoms with Gasteiger partial charge in [-0.2, -0.15) is 0 Å². The average molecular weight is 822 g/mol. The van der Waals surface area contributed by atoms with Crippen molar-refractivity contribution >= 4 is 0 Å². The smallest absolute Gasteiger partial charge is 0.207 e. The highest BCUT2D eigenvalue weighted by atomic mass is 15.5. The molecule has 57 heavy (non-hydrogen) atoms. The van der Waals surface area contributed by atoms with E-state index < -0.39 is 0 Å². The maximum atomic E-state index is 2.39. The van der Waals surface area contributed by atoms with E-state index in [1.54, 1.807) is 0 Å². The van der Waals surface area contributed by atoms with Gasteiger partial charge in [0.2, 0.25) is 6.67 Å². The highest BCUT2D eigenvalue weighted by Gasteiger charge is 2.32. The van der Waals surface area contributed by atoms with Crippen molar-refractivity contribution in [2.75, 3.05) is 105 Å². The number of hydrogen-bond donors (Lipinski definition) is 0. The summed E-state index contributed by atoms with van der Waals surface area (Å²) in [5.74, 6) is 0. The molecule has 8 heteroatoms. The molecule has 0 amide bonds. The second-order valence-electron chi connectivity index (χ2n) is 25.3. The van der Waals surface area contributed by atoms with Crippen molar-refractivity contribution in [1.29, 1.82) is 0 Å². The van der Waals surface area contributed by atoms with Crippen LogP contribution >= 0.6 is 0 Å². The number of hydrogen-bond acceptors (Lipinski definition) is 4. The van der Waals surface area contributed by atoms with Gasteiger partial charge in [-0.1, -0.05) is 0 Å². The van der Waals surface area contributed by atoms with Gasteiger partial charge in [0.25, 0.3) is 0 Å². The molecule has 8 nitrogen and oxygen atoms in total. The second-order valence-corrected chi connectivity index (χ2v) is 25.3. The minimum atomic E-state index is 0.250. The molecule has 0 aliphatic heterocycles. The number of rotatable bonds is 12. The third-order valence-corrected chi connectivity index (χ3v) is 13.8. The first-order valence-corrected chi connectivity index (χ1v) is 22.6. The maximum Gasteiger partial charge on any atom is 0.207 e. The lowest BCUT2D eigenvalue weighted by Crippen LogP contribution is -2.60. The van der Waals surface area contributed by atoms with E-state index in [2.05, 4.69) is 270 Å². The Morgan fingerprint density at radius 3 is 0.737 bits per heavy atom. The van der Waals surface area contributed by atoms with Gasteiger partial charge in [-0.25, -0.2) is 0 Å². The Morgan fingerprint density at radius 1 is 0.368 bits per heavy atom. The Morgan fingerprint density at radius 2 is 0.614 bits per heavy atom. The summed E-state index contributed by atoms with van der Waals surface area (Å²) in [5, 5.41) is 0. The molecule has 0 unspecified atom stereocenters. The fourth-order valence-corrected chi connectivity index (χ4v) is 4.51. The molecular formula is C49H120N8+4. The first kappa shape index (κ1) is 65.8. The van der Waals surface area contributed by atoms with Crippen LogP contribution in [0.5, 0.6) is 0 Å². The van der Waals surface area contributed by atoms with Gasteiger partial charge < -0.3 is 8.97 Å². The number of quaternary nitrogens is 4. The van der Waals surface area contributed by atoms with E-state index in [0.717, 1.165) is 43.4 Å². The zero-order valence-electron chi connectivity index (χ0n) is 47.2. The van der Waals surface area contributed by atoms with Crippen LogP contribution in [0.4, 0.5) is 0 Å². The predicted molar refractivity (Wildman–Crippen MR) is 264 cm³/mol. The van der Waals surface area contributed by atoms with Gasteiger partial charge in [-0.15, -0.1) is 0 Å². The molecule has 0 radical (unpaired) electrons. The molecule has 0 aromatic rings. The molecular weight excluding hydrogens is 701 g/mol. The monoisotopic (exact) mass is 821 g/mol. The highest BCUT2D eigenvalue weighted by Crippen LogP contribution is 2.21. The standard InChI is InChI=1S/C11H28N2.C11H26N2.C10H25N2.C9H21N.C8H20N/c1-10(2)12(5,6)9-13(7,8)11(3)4;1-10(2,3)12(7)9-13(8)11(4,5)6;1-9(2)11(5)8-12(6,7)10(3)4;1-8(2,3)10(7)9(4,5)6;1-7(2)9(5,6)8(3)4/h10-11H,9H2,1-8H3;9H2,1-8H3;9-10H,8H2,1-7H3;1-7H3;7-8H,1-6H3/q+2;;+1;;+1. The first-order valence-electron chi connectivity index (χ1n) is 22.6. The Bertz CT molecular complexity index is 934. The van der Waals surface area contributed by atoms with Gasteiger partial charge in [0.1, 0.15) is 6.67 Å². The van der Waals surface area contributed by atoms with Crippen LogP contribution in [0.25, 0.3) is 0 Å². The summed E-state index contributed by atoms with van der Waals surface area (Å²) in [6, 6.07) is 4.16. The summed E-state index contributed by atoms with van der Waals surface area (Å²) in [6.07, 6.45) is 0. The predicted octanol–water partition coefficient (Wildman–Crippen LogP) is 10.5. The average Bonchev–Trinajstić information content (AvgIpc) is 2.95. The molecule has 0 saturated heterocycles. The molecule has 0 bridgehead atoms. The van der Waals surface area contributed by atoms with Crippen molar-refractivity contribution in [1.82, 2.24) is 19.6 Å². The fourth-order valence-electron chi connectivity index (χ4n) is 4.51. The maximum absolute atomic E-state index is 2.39. The van der Waals surface area contributed by atoms with Crippen molar-refractivity contribution in [2.45, 2.75) is 225 Å². The fraction of sp³-hybridized carbons (Fsp3) is 1.00. The topological polar surface area (TPSA) is 13.0 Å². The van der Waals surface area contributed by atoms with Crippen LogP contribution < -0.4 is 0 Å². The van der Waals surface area contributed by atoms with E-state index in [-0.39, 0.29) is 22.2 Å². The van der Waals surface area contributed by atoms with Crippen LogP contribution in [-0.2, 0) is 0 Å². The van der Waals surface area contributed by atoms with Crippen LogP contribution in [0.3, 0.4) is 0 Å². The lowest BCUT2D eigenvalue weighted by atomic mass is 9.98. The summed E-state index contributed by atoms with van der Waals surface area (Å²) in [7, 11) is 27.1. The van der Waals surface area contributed by atoms with Crippen molar-refractivity contribution in [3.63, 3.8) is 0 Å². The molecule has 352 valence electrons. The Labute approximate surface area is 365 Å². The number of nitrogens with zero attached hydrogens (tertiary/aromatic N) is 8. The van der Waals surface area contributed by atoms with Gasteiger partial charge >= 0.3 is 0 Å². The summed E-state index contributed by atoms with van der Waals surface area (Å²) >= 11 is 0. The molecule has 0 N–H and O–H groups in total. The highest BCUT2D eigenvalue weighted by molar-refractivity contribution is 4.83. The van der Waals surface area contributed by atoms with Crippen molar-refractivity contribution < 1.29 is 17.9 Å². The largest absolute Gasteiger partial charge is 0.325 e. The molecule has 0 saturated carbocycles. The summed E-state index contributed by atoms with van der Waals surface area (Å²) < 4.78 is 4.35. The molecule has 0 rings (SSSR count). The Balaban J connectivity index is -0.000000199. The van der Waals surface area contributed by atoms with E-state index in [4.69, 9.17) is 0 Å². The van der Waals surface area contributed by atoms with Crippen molar-refractivity contribution in [3.8, 4) is 0 Å². The van der Waals surface area contributed by atoms with Gasteiger partial charge in [0.15, 0.2) is 0 Å². The molecule has 0 aromatic heterocycles. The SMILES string of the molecule is CC(C)N(C)C[N+](C)(C)C(C)C.CC(C)[N+](C)(C)C(C)C.CC(C)[N+](C)(C)C[N+](C)(C)C(C)C.CN(C(C)(C)C)C(C)(C)C.CN(CN(C)C(C)(C)C)C(C)(C)C. The van der Waals surface area contributed by atoms with E-state index in [0.29, 0.717) is 24.2 Å². The second kappa shape index (κ2) is 25.6. The quantitative estimate of drug-likeness (QED) is 0.144. The van der Waals surface area contributed by atoms with E-state index in [9.17, 15) is 0 Å². The molecule has 0 aromatic carbocycles. The van der Waals surface area contributed by atoms with Crippen molar-refractivity contribution in [3.05, 3.63) is 0 Å². The minimum absolute atomic E-state index is 0.250. The Kier molecular flexibility index (Phi) is 29.5. The van der Waals surface area contributed by atoms with E-state index in [1.807, 2.05) is 0 Å². The summed E-state index contributed by atoms with van der Waals surface area (Å²) in [4.78, 5) is 9.48. The van der Waals surface area contributed by atoms with Gasteiger partial charge in [-0.05, 0) is 194 Å². The lowest BCUT2D eigenvalue weighted by Gasteiger charge is -2.43. The van der Waals surface area contributed by atoms with E-state index >= 15 is 0 Å². The zero-order chi connectivity index (χ0) is 47.9. The van der Waals surface area contributed by atoms with Crippen molar-refractivity contribution in [2.24, 2.45) is 0 Å². The van der Waals surface area contributed by atoms with Crippen LogP contribution in [-0.4, -0.2) is 201 Å². The van der Waals surface area contributed by atoms with E-state index in [1.165, 1.54) is 6.67 Å². The van der Waals surface area contributed by atoms with Crippen LogP contribution in [0.2, 0.25) is 0 Å². The third-order valence-electron chi connectivity index (χ3n) is 13.8. The van der Waals surface area contributed by atoms with Crippen LogP contribution in [0, 0.1) is 0 Å². The minimum Gasteiger partial charge on any atom is -0.325 e. The first-order chi connectivity index (χ1) is 24.5. The van der Waals surface area contributed by atoms with Gasteiger partial charge in [0, 0.05) is 28.2 Å². The normalized spacial score (nSPS) is 14.0. The third kappa shape index (κ3) is 30.4. The van der Waals surface area contributed by atoms with Crippen LogP contribution in [0.15, 0.2) is 0 Å². The zero-order valence-corrected chi connectivity index (χ0v) is 47.2. The summed E-state index contributed by atoms with van der Waals surface area (Å²) in [6.45, 7) is 57.4. The molecule has 0 aliphatic carbocycles.